The van der Waals surface area contributed by atoms with Gasteiger partial charge in [0.25, 0.3) is 0 Å². The van der Waals surface area contributed by atoms with Crippen molar-refractivity contribution in [2.45, 2.75) is 38.5 Å². The molecule has 1 N–H and O–H groups in total. The zero-order chi connectivity index (χ0) is 8.06. The standard InChI is InChI=1S/C9H16BN/c1-3-9-4-7(10)8(6(9)2)11-5-9/h6-8,11H,3-5H2,1-2H3/t6?,7-,8+,9+/m1/s1. The predicted molar refractivity (Wildman–Crippen MR) is 47.8 cm³/mol. The number of hydrogen-bond donors (Lipinski definition) is 1. The van der Waals surface area contributed by atoms with E-state index in [4.69, 9.17) is 7.85 Å². The molecule has 1 saturated heterocycles. The topological polar surface area (TPSA) is 12.0 Å². The first-order valence-corrected chi connectivity index (χ1v) is 4.68. The zero-order valence-electron chi connectivity index (χ0n) is 7.43. The maximum atomic E-state index is 6.01. The molecule has 1 saturated carbocycles. The van der Waals surface area contributed by atoms with Crippen molar-refractivity contribution < 1.29 is 0 Å². The molecule has 2 radical (unpaired) electrons. The van der Waals surface area contributed by atoms with Crippen molar-refractivity contribution >= 4 is 7.85 Å². The van der Waals surface area contributed by atoms with Gasteiger partial charge in [-0.1, -0.05) is 19.7 Å². The second-order valence-corrected chi connectivity index (χ2v) is 4.28. The van der Waals surface area contributed by atoms with Crippen LogP contribution in [-0.2, 0) is 0 Å². The van der Waals surface area contributed by atoms with Gasteiger partial charge in [0, 0.05) is 12.6 Å². The summed E-state index contributed by atoms with van der Waals surface area (Å²) in [6, 6.07) is 0.606. The van der Waals surface area contributed by atoms with Gasteiger partial charge in [-0.3, -0.25) is 0 Å². The van der Waals surface area contributed by atoms with Gasteiger partial charge in [-0.2, -0.15) is 0 Å². The molecule has 1 aliphatic carbocycles. The van der Waals surface area contributed by atoms with Gasteiger partial charge in [0.05, 0.1) is 7.85 Å². The summed E-state index contributed by atoms with van der Waals surface area (Å²) in [6.45, 7) is 5.84. The van der Waals surface area contributed by atoms with Crippen LogP contribution in [0.15, 0.2) is 0 Å². The highest BCUT2D eigenvalue weighted by Crippen LogP contribution is 2.53. The summed E-state index contributed by atoms with van der Waals surface area (Å²) in [5.74, 6) is 1.21. The minimum Gasteiger partial charge on any atom is -0.314 e. The van der Waals surface area contributed by atoms with Crippen LogP contribution in [0.1, 0.15) is 26.7 Å². The van der Waals surface area contributed by atoms with Crippen LogP contribution in [0.25, 0.3) is 0 Å². The fourth-order valence-corrected chi connectivity index (χ4v) is 3.01. The third-order valence-electron chi connectivity index (χ3n) is 4.00. The first-order chi connectivity index (χ1) is 5.19. The third-order valence-corrected chi connectivity index (χ3v) is 4.00. The molecule has 1 unspecified atom stereocenters. The summed E-state index contributed by atoms with van der Waals surface area (Å²) in [4.78, 5) is 0. The SMILES string of the molecule is [B][C@@H]1C[C@@]2(CC)CN[C@H]1C2C. The van der Waals surface area contributed by atoms with Gasteiger partial charge in [0.2, 0.25) is 0 Å². The van der Waals surface area contributed by atoms with Crippen LogP contribution in [0.2, 0.25) is 5.82 Å². The number of piperidine rings is 1. The molecule has 60 valence electrons. The van der Waals surface area contributed by atoms with Crippen molar-refractivity contribution in [1.29, 1.82) is 0 Å². The average Bonchev–Trinajstić information content (AvgIpc) is 2.42. The zero-order valence-corrected chi connectivity index (χ0v) is 7.43. The highest BCUT2D eigenvalue weighted by atomic mass is 15.0. The molecule has 2 heteroatoms. The molecule has 0 aromatic rings. The molecular formula is C9H16BN. The average molecular weight is 149 g/mol. The normalized spacial score (nSPS) is 55.3. The summed E-state index contributed by atoms with van der Waals surface area (Å²) in [7, 11) is 6.01. The Morgan fingerprint density at radius 1 is 1.64 bits per heavy atom. The molecule has 2 aliphatic rings. The molecule has 0 amide bonds. The molecule has 2 bridgehead atoms. The quantitative estimate of drug-likeness (QED) is 0.555. The largest absolute Gasteiger partial charge is 0.314 e. The molecule has 2 rings (SSSR count). The van der Waals surface area contributed by atoms with Crippen molar-refractivity contribution in [3.05, 3.63) is 0 Å². The van der Waals surface area contributed by atoms with E-state index in [9.17, 15) is 0 Å². The van der Waals surface area contributed by atoms with Crippen molar-refractivity contribution in [3.8, 4) is 0 Å². The lowest BCUT2D eigenvalue weighted by molar-refractivity contribution is 0.248. The molecule has 1 nitrogen and oxygen atoms in total. The van der Waals surface area contributed by atoms with E-state index >= 15 is 0 Å². The van der Waals surface area contributed by atoms with Crippen LogP contribution in [0, 0.1) is 11.3 Å². The van der Waals surface area contributed by atoms with Crippen molar-refractivity contribution in [3.63, 3.8) is 0 Å². The minimum absolute atomic E-state index is 0.415. The lowest BCUT2D eigenvalue weighted by Gasteiger charge is -2.29. The summed E-state index contributed by atoms with van der Waals surface area (Å²) in [5, 5.41) is 3.52. The van der Waals surface area contributed by atoms with E-state index in [0.29, 0.717) is 17.3 Å². The molecule has 0 aromatic heterocycles. The van der Waals surface area contributed by atoms with Gasteiger partial charge >= 0.3 is 0 Å². The summed E-state index contributed by atoms with van der Waals surface area (Å²) in [5.41, 5.74) is 0.546. The van der Waals surface area contributed by atoms with E-state index in [1.807, 2.05) is 0 Å². The highest BCUT2D eigenvalue weighted by molar-refractivity contribution is 6.12. The smallest absolute Gasteiger partial charge is 0.0721 e. The van der Waals surface area contributed by atoms with Crippen molar-refractivity contribution in [2.24, 2.45) is 11.3 Å². The monoisotopic (exact) mass is 149 g/mol. The molecule has 4 atom stereocenters. The van der Waals surface area contributed by atoms with Crippen LogP contribution in [0.5, 0.6) is 0 Å². The third kappa shape index (κ3) is 0.822. The summed E-state index contributed by atoms with van der Waals surface area (Å²) in [6.07, 6.45) is 2.52. The number of rotatable bonds is 1. The van der Waals surface area contributed by atoms with Crippen LogP contribution in [-0.4, -0.2) is 20.4 Å². The fraction of sp³-hybridized carbons (Fsp3) is 1.00. The molecule has 1 aliphatic heterocycles. The second kappa shape index (κ2) is 2.26. The van der Waals surface area contributed by atoms with E-state index in [1.54, 1.807) is 0 Å². The molecule has 0 spiro atoms. The summed E-state index contributed by atoms with van der Waals surface area (Å²) < 4.78 is 0. The number of nitrogens with one attached hydrogen (secondary N) is 1. The number of hydrogen-bond acceptors (Lipinski definition) is 1. The fourth-order valence-electron chi connectivity index (χ4n) is 3.01. The van der Waals surface area contributed by atoms with Crippen LogP contribution < -0.4 is 5.32 Å². The van der Waals surface area contributed by atoms with Crippen molar-refractivity contribution in [2.75, 3.05) is 6.54 Å². The molecule has 1 heterocycles. The molecule has 2 fully saturated rings. The molecule has 11 heavy (non-hydrogen) atoms. The van der Waals surface area contributed by atoms with E-state index in [2.05, 4.69) is 19.2 Å². The Morgan fingerprint density at radius 3 is 2.64 bits per heavy atom. The Hall–Kier alpha value is 0.0249. The van der Waals surface area contributed by atoms with E-state index < -0.39 is 0 Å². The van der Waals surface area contributed by atoms with E-state index in [0.717, 1.165) is 5.92 Å². The maximum absolute atomic E-state index is 6.01. The van der Waals surface area contributed by atoms with Gasteiger partial charge < -0.3 is 5.32 Å². The van der Waals surface area contributed by atoms with E-state index in [-0.39, 0.29) is 0 Å². The lowest BCUT2D eigenvalue weighted by Crippen LogP contribution is -2.33. The first kappa shape index (κ1) is 7.66. The highest BCUT2D eigenvalue weighted by Gasteiger charge is 2.52. The first-order valence-electron chi connectivity index (χ1n) is 4.68. The van der Waals surface area contributed by atoms with Crippen LogP contribution >= 0.6 is 0 Å². The summed E-state index contributed by atoms with van der Waals surface area (Å²) >= 11 is 0. The predicted octanol–water partition coefficient (Wildman–Crippen LogP) is 1.35. The van der Waals surface area contributed by atoms with Gasteiger partial charge in [-0.05, 0) is 24.2 Å². The Balaban J connectivity index is 2.24. The van der Waals surface area contributed by atoms with Gasteiger partial charge in [0.1, 0.15) is 0 Å². The number of fused-ring (bicyclic) bond motifs is 2. The van der Waals surface area contributed by atoms with Crippen molar-refractivity contribution in [1.82, 2.24) is 5.32 Å². The Kier molecular flexibility index (Phi) is 1.57. The van der Waals surface area contributed by atoms with Crippen LogP contribution in [0.4, 0.5) is 0 Å². The maximum Gasteiger partial charge on any atom is 0.0721 e. The second-order valence-electron chi connectivity index (χ2n) is 4.28. The van der Waals surface area contributed by atoms with Gasteiger partial charge in [-0.25, -0.2) is 0 Å². The molecular weight excluding hydrogens is 133 g/mol. The Morgan fingerprint density at radius 2 is 2.36 bits per heavy atom. The van der Waals surface area contributed by atoms with E-state index in [1.165, 1.54) is 19.4 Å². The lowest BCUT2D eigenvalue weighted by atomic mass is 9.75. The van der Waals surface area contributed by atoms with Gasteiger partial charge in [-0.15, -0.1) is 0 Å². The Labute approximate surface area is 70.3 Å². The molecule has 0 aromatic carbocycles. The minimum atomic E-state index is 0.415. The van der Waals surface area contributed by atoms with Gasteiger partial charge in [0.15, 0.2) is 0 Å². The van der Waals surface area contributed by atoms with Crippen LogP contribution in [0.3, 0.4) is 0 Å². The Bertz CT molecular complexity index is 171.